The van der Waals surface area contributed by atoms with Gasteiger partial charge in [-0.15, -0.1) is 11.3 Å². The summed E-state index contributed by atoms with van der Waals surface area (Å²) < 4.78 is 16.3. The highest BCUT2D eigenvalue weighted by atomic mass is 35.5. The van der Waals surface area contributed by atoms with Crippen LogP contribution in [0.4, 0.5) is 5.69 Å². The van der Waals surface area contributed by atoms with E-state index >= 15 is 0 Å². The largest absolute Gasteiger partial charge is 0.487 e. The van der Waals surface area contributed by atoms with Gasteiger partial charge in [0.25, 0.3) is 0 Å². The minimum absolute atomic E-state index is 0.0880. The molecule has 0 bridgehead atoms. The molecule has 0 aliphatic rings. The molecular formula is C19H19ClN2O4S. The lowest BCUT2D eigenvalue weighted by atomic mass is 10.2. The van der Waals surface area contributed by atoms with Gasteiger partial charge in [0.15, 0.2) is 5.75 Å². The number of rotatable bonds is 8. The summed E-state index contributed by atoms with van der Waals surface area (Å²) in [5.74, 6) is 1.33. The smallest absolute Gasteiger partial charge is 0.236 e. The molecule has 0 spiro atoms. The third-order valence-corrected chi connectivity index (χ3v) is 4.88. The second kappa shape index (κ2) is 9.03. The number of carbonyl (C=O) groups excluding carboxylic acids is 1. The molecule has 1 aromatic carbocycles. The number of para-hydroxylation sites is 1. The molecule has 0 saturated heterocycles. The summed E-state index contributed by atoms with van der Waals surface area (Å²) in [6, 6.07) is 9.04. The van der Waals surface area contributed by atoms with Gasteiger partial charge in [-0.2, -0.15) is 0 Å². The predicted octanol–water partition coefficient (Wildman–Crippen LogP) is 4.57. The number of hydrogen-bond acceptors (Lipinski definition) is 6. The summed E-state index contributed by atoms with van der Waals surface area (Å²) in [6.07, 6.45) is 0.0880. The molecule has 0 unspecified atom stereocenters. The van der Waals surface area contributed by atoms with Crippen LogP contribution >= 0.6 is 22.9 Å². The standard InChI is InChI=1S/C19H19ClN2O4S/c1-12-15(22-19(26-12)16-7-4-10-27-16)11-17(23)21-14-6-3-5-13(20)18(14)25-9-8-24-2/h3-7,10H,8-9,11H2,1-2H3,(H,21,23). The number of benzene rings is 1. The number of thiophene rings is 1. The monoisotopic (exact) mass is 406 g/mol. The van der Waals surface area contributed by atoms with Crippen molar-refractivity contribution in [3.05, 3.63) is 52.2 Å². The lowest BCUT2D eigenvalue weighted by molar-refractivity contribution is -0.115. The highest BCUT2D eigenvalue weighted by molar-refractivity contribution is 7.13. The van der Waals surface area contributed by atoms with E-state index in [0.717, 1.165) is 4.88 Å². The van der Waals surface area contributed by atoms with Crippen molar-refractivity contribution in [2.45, 2.75) is 13.3 Å². The number of oxazole rings is 1. The van der Waals surface area contributed by atoms with Gasteiger partial charge in [0.2, 0.25) is 11.8 Å². The number of ether oxygens (including phenoxy) is 2. The van der Waals surface area contributed by atoms with Crippen LogP contribution in [0.1, 0.15) is 11.5 Å². The summed E-state index contributed by atoms with van der Waals surface area (Å²) in [5.41, 5.74) is 1.10. The highest BCUT2D eigenvalue weighted by Crippen LogP contribution is 2.33. The van der Waals surface area contributed by atoms with E-state index in [1.165, 1.54) is 11.3 Å². The molecule has 3 rings (SSSR count). The molecule has 0 aliphatic carbocycles. The van der Waals surface area contributed by atoms with Crippen molar-refractivity contribution in [3.8, 4) is 16.5 Å². The number of carbonyl (C=O) groups is 1. The zero-order valence-corrected chi connectivity index (χ0v) is 16.5. The Bertz CT molecular complexity index is 909. The van der Waals surface area contributed by atoms with Crippen molar-refractivity contribution >= 4 is 34.5 Å². The molecule has 0 radical (unpaired) electrons. The van der Waals surface area contributed by atoms with Crippen LogP contribution in [0.5, 0.6) is 5.75 Å². The van der Waals surface area contributed by atoms with Gasteiger partial charge >= 0.3 is 0 Å². The number of hydrogen-bond donors (Lipinski definition) is 1. The van der Waals surface area contributed by atoms with Crippen LogP contribution in [0.3, 0.4) is 0 Å². The van der Waals surface area contributed by atoms with Crippen LogP contribution in [-0.2, 0) is 16.0 Å². The molecule has 1 N–H and O–H groups in total. The molecule has 6 nitrogen and oxygen atoms in total. The van der Waals surface area contributed by atoms with Crippen LogP contribution in [-0.4, -0.2) is 31.2 Å². The lowest BCUT2D eigenvalue weighted by Gasteiger charge is -2.13. The molecule has 27 heavy (non-hydrogen) atoms. The van der Waals surface area contributed by atoms with E-state index in [0.29, 0.717) is 47.0 Å². The Morgan fingerprint density at radius 3 is 2.89 bits per heavy atom. The topological polar surface area (TPSA) is 73.6 Å². The number of aromatic nitrogens is 1. The maximum Gasteiger partial charge on any atom is 0.236 e. The molecule has 0 aliphatic heterocycles. The molecule has 0 fully saturated rings. The van der Waals surface area contributed by atoms with Gasteiger partial charge < -0.3 is 19.2 Å². The fraction of sp³-hybridized carbons (Fsp3) is 0.263. The van der Waals surface area contributed by atoms with Crippen molar-refractivity contribution in [1.82, 2.24) is 4.98 Å². The SMILES string of the molecule is COCCOc1c(Cl)cccc1NC(=O)Cc1nc(-c2cccs2)oc1C. The quantitative estimate of drug-likeness (QED) is 0.554. The summed E-state index contributed by atoms with van der Waals surface area (Å²) in [5, 5.41) is 5.20. The lowest BCUT2D eigenvalue weighted by Crippen LogP contribution is -2.16. The van der Waals surface area contributed by atoms with Crippen molar-refractivity contribution in [2.24, 2.45) is 0 Å². The minimum Gasteiger partial charge on any atom is -0.487 e. The first-order valence-corrected chi connectivity index (χ1v) is 9.54. The number of nitrogens with zero attached hydrogens (tertiary/aromatic N) is 1. The predicted molar refractivity (Wildman–Crippen MR) is 106 cm³/mol. The molecular weight excluding hydrogens is 388 g/mol. The summed E-state index contributed by atoms with van der Waals surface area (Å²) >= 11 is 7.73. The second-order valence-corrected chi connectivity index (χ2v) is 7.04. The molecule has 2 heterocycles. The average molecular weight is 407 g/mol. The molecule has 8 heteroatoms. The number of halogens is 1. The maximum atomic E-state index is 12.5. The first-order chi connectivity index (χ1) is 13.1. The number of amides is 1. The first kappa shape index (κ1) is 19.4. The van der Waals surface area contributed by atoms with E-state index in [-0.39, 0.29) is 12.3 Å². The normalized spacial score (nSPS) is 10.8. The van der Waals surface area contributed by atoms with Crippen LogP contribution in [0.25, 0.3) is 10.8 Å². The summed E-state index contributed by atoms with van der Waals surface area (Å²) in [4.78, 5) is 17.9. The van der Waals surface area contributed by atoms with Crippen LogP contribution in [0.2, 0.25) is 5.02 Å². The highest BCUT2D eigenvalue weighted by Gasteiger charge is 2.17. The van der Waals surface area contributed by atoms with E-state index in [1.54, 1.807) is 32.2 Å². The fourth-order valence-electron chi connectivity index (χ4n) is 2.43. The van der Waals surface area contributed by atoms with E-state index in [1.807, 2.05) is 17.5 Å². The Labute approximate surface area is 166 Å². The Morgan fingerprint density at radius 2 is 2.15 bits per heavy atom. The van der Waals surface area contributed by atoms with E-state index in [9.17, 15) is 4.79 Å². The van der Waals surface area contributed by atoms with Crippen molar-refractivity contribution in [3.63, 3.8) is 0 Å². The number of aryl methyl sites for hydroxylation is 1. The van der Waals surface area contributed by atoms with E-state index in [2.05, 4.69) is 10.3 Å². The fourth-order valence-corrected chi connectivity index (χ4v) is 3.30. The molecule has 3 aromatic rings. The van der Waals surface area contributed by atoms with Gasteiger partial charge in [-0.05, 0) is 30.5 Å². The van der Waals surface area contributed by atoms with Crippen LogP contribution in [0, 0.1) is 6.92 Å². The van der Waals surface area contributed by atoms with Gasteiger partial charge in [0.1, 0.15) is 12.4 Å². The Kier molecular flexibility index (Phi) is 6.49. The van der Waals surface area contributed by atoms with Gasteiger partial charge in [0.05, 0.1) is 34.3 Å². The Balaban J connectivity index is 1.70. The third-order valence-electron chi connectivity index (χ3n) is 3.73. The molecule has 2 aromatic heterocycles. The first-order valence-electron chi connectivity index (χ1n) is 8.28. The third kappa shape index (κ3) is 4.88. The molecule has 0 atom stereocenters. The van der Waals surface area contributed by atoms with Crippen molar-refractivity contribution in [1.29, 1.82) is 0 Å². The zero-order valence-electron chi connectivity index (χ0n) is 15.0. The number of nitrogens with one attached hydrogen (secondary N) is 1. The van der Waals surface area contributed by atoms with E-state index < -0.39 is 0 Å². The summed E-state index contributed by atoms with van der Waals surface area (Å²) in [7, 11) is 1.59. The summed E-state index contributed by atoms with van der Waals surface area (Å²) in [6.45, 7) is 2.54. The van der Waals surface area contributed by atoms with Crippen molar-refractivity contribution < 1.29 is 18.7 Å². The van der Waals surface area contributed by atoms with Gasteiger partial charge in [-0.25, -0.2) is 4.98 Å². The number of anilines is 1. The average Bonchev–Trinajstić information content (AvgIpc) is 3.28. The molecule has 1 amide bonds. The minimum atomic E-state index is -0.233. The maximum absolute atomic E-state index is 12.5. The second-order valence-electron chi connectivity index (χ2n) is 5.68. The molecule has 0 saturated carbocycles. The van der Waals surface area contributed by atoms with Gasteiger partial charge in [-0.3, -0.25) is 4.79 Å². The van der Waals surface area contributed by atoms with Crippen molar-refractivity contribution in [2.75, 3.05) is 25.6 Å². The van der Waals surface area contributed by atoms with Gasteiger partial charge in [-0.1, -0.05) is 23.7 Å². The Morgan fingerprint density at radius 1 is 1.30 bits per heavy atom. The van der Waals surface area contributed by atoms with Crippen LogP contribution < -0.4 is 10.1 Å². The van der Waals surface area contributed by atoms with Gasteiger partial charge in [0, 0.05) is 7.11 Å². The number of methoxy groups -OCH3 is 1. The van der Waals surface area contributed by atoms with Crippen LogP contribution in [0.15, 0.2) is 40.1 Å². The molecule has 142 valence electrons. The van der Waals surface area contributed by atoms with E-state index in [4.69, 9.17) is 25.5 Å². The Hall–Kier alpha value is -2.35. The zero-order chi connectivity index (χ0) is 19.2.